The molecule has 3 heterocycles. The van der Waals surface area contributed by atoms with Crippen LogP contribution in [0.15, 0.2) is 6.07 Å². The Bertz CT molecular complexity index is 632. The fraction of sp³-hybridized carbons (Fsp3) is 0.600. The van der Waals surface area contributed by atoms with Gasteiger partial charge in [0.05, 0.1) is 0 Å². The van der Waals surface area contributed by atoms with Crippen molar-refractivity contribution < 1.29 is 0 Å². The lowest BCUT2D eigenvalue weighted by Crippen LogP contribution is -2.46. The van der Waals surface area contributed by atoms with Gasteiger partial charge in [0.25, 0.3) is 0 Å². The molecule has 1 fully saturated rings. The Hall–Kier alpha value is -0.910. The van der Waals surface area contributed by atoms with Crippen LogP contribution in [-0.2, 0) is 0 Å². The maximum atomic E-state index is 6.37. The zero-order valence-corrected chi connectivity index (χ0v) is 14.3. The SMILES string of the molecule is CCN1CCN(c2nc(Cl)c3cc(C(C)C)sc3n2)CC1. The molecule has 114 valence electrons. The third kappa shape index (κ3) is 3.00. The highest BCUT2D eigenvalue weighted by molar-refractivity contribution is 7.18. The van der Waals surface area contributed by atoms with E-state index in [4.69, 9.17) is 16.6 Å². The van der Waals surface area contributed by atoms with Crippen LogP contribution in [0.2, 0.25) is 5.15 Å². The smallest absolute Gasteiger partial charge is 0.228 e. The number of rotatable bonds is 3. The Labute approximate surface area is 134 Å². The van der Waals surface area contributed by atoms with Crippen LogP contribution in [-0.4, -0.2) is 47.6 Å². The van der Waals surface area contributed by atoms with Crippen molar-refractivity contribution in [1.82, 2.24) is 14.9 Å². The molecule has 0 saturated carbocycles. The van der Waals surface area contributed by atoms with Crippen LogP contribution in [0.5, 0.6) is 0 Å². The van der Waals surface area contributed by atoms with Crippen LogP contribution in [0.25, 0.3) is 10.2 Å². The van der Waals surface area contributed by atoms with Gasteiger partial charge in [-0.25, -0.2) is 9.97 Å². The Balaban J connectivity index is 1.90. The van der Waals surface area contributed by atoms with Gasteiger partial charge in [-0.1, -0.05) is 32.4 Å². The molecule has 1 saturated heterocycles. The molecule has 3 rings (SSSR count). The topological polar surface area (TPSA) is 32.3 Å². The van der Waals surface area contributed by atoms with Crippen LogP contribution >= 0.6 is 22.9 Å². The van der Waals surface area contributed by atoms with Crippen molar-refractivity contribution >= 4 is 39.1 Å². The van der Waals surface area contributed by atoms with Gasteiger partial charge in [0, 0.05) is 36.4 Å². The van der Waals surface area contributed by atoms with E-state index in [2.05, 4.69) is 41.6 Å². The first-order chi connectivity index (χ1) is 10.1. The second kappa shape index (κ2) is 6.07. The average molecular weight is 325 g/mol. The van der Waals surface area contributed by atoms with Crippen LogP contribution in [0, 0.1) is 0 Å². The second-order valence-corrected chi connectivity index (χ2v) is 7.18. The van der Waals surface area contributed by atoms with Crippen molar-refractivity contribution in [3.05, 3.63) is 16.1 Å². The summed E-state index contributed by atoms with van der Waals surface area (Å²) in [7, 11) is 0. The zero-order chi connectivity index (χ0) is 15.0. The average Bonchev–Trinajstić information content (AvgIpc) is 2.92. The predicted octanol–water partition coefficient (Wildman–Crippen LogP) is 3.61. The minimum Gasteiger partial charge on any atom is -0.338 e. The summed E-state index contributed by atoms with van der Waals surface area (Å²) in [6.07, 6.45) is 0. The van der Waals surface area contributed by atoms with Gasteiger partial charge in [0.15, 0.2) is 0 Å². The summed E-state index contributed by atoms with van der Waals surface area (Å²) in [5, 5.41) is 1.57. The van der Waals surface area contributed by atoms with Gasteiger partial charge in [-0.3, -0.25) is 0 Å². The molecule has 1 aliphatic rings. The van der Waals surface area contributed by atoms with Crippen molar-refractivity contribution in [3.8, 4) is 0 Å². The normalized spacial score (nSPS) is 17.1. The first kappa shape index (κ1) is 15.0. The van der Waals surface area contributed by atoms with E-state index in [0.29, 0.717) is 11.1 Å². The van der Waals surface area contributed by atoms with Gasteiger partial charge < -0.3 is 9.80 Å². The van der Waals surface area contributed by atoms with Crippen molar-refractivity contribution in [2.24, 2.45) is 0 Å². The third-order valence-corrected chi connectivity index (χ3v) is 5.64. The fourth-order valence-corrected chi connectivity index (χ4v) is 3.89. The Morgan fingerprint density at radius 3 is 2.57 bits per heavy atom. The number of likely N-dealkylation sites (N-methyl/N-ethyl adjacent to an activating group) is 1. The molecule has 2 aromatic rings. The van der Waals surface area contributed by atoms with Gasteiger partial charge in [-0.05, 0) is 18.5 Å². The highest BCUT2D eigenvalue weighted by atomic mass is 35.5. The first-order valence-electron chi connectivity index (χ1n) is 7.52. The number of aromatic nitrogens is 2. The third-order valence-electron chi connectivity index (χ3n) is 4.02. The Morgan fingerprint density at radius 2 is 1.95 bits per heavy atom. The molecule has 0 atom stereocenters. The lowest BCUT2D eigenvalue weighted by molar-refractivity contribution is 0.270. The second-order valence-electron chi connectivity index (χ2n) is 5.76. The molecule has 0 amide bonds. The van der Waals surface area contributed by atoms with Crippen molar-refractivity contribution in [3.63, 3.8) is 0 Å². The monoisotopic (exact) mass is 324 g/mol. The summed E-state index contributed by atoms with van der Waals surface area (Å²) in [5.41, 5.74) is 0. The van der Waals surface area contributed by atoms with Crippen LogP contribution in [0.3, 0.4) is 0 Å². The highest BCUT2D eigenvalue weighted by Crippen LogP contribution is 2.34. The summed E-state index contributed by atoms with van der Waals surface area (Å²) in [4.78, 5) is 16.3. The van der Waals surface area contributed by atoms with E-state index < -0.39 is 0 Å². The molecule has 21 heavy (non-hydrogen) atoms. The summed E-state index contributed by atoms with van der Waals surface area (Å²) < 4.78 is 0. The lowest BCUT2D eigenvalue weighted by atomic mass is 10.2. The van der Waals surface area contributed by atoms with Gasteiger partial charge in [0.1, 0.15) is 9.98 Å². The van der Waals surface area contributed by atoms with Gasteiger partial charge in [0.2, 0.25) is 5.95 Å². The van der Waals surface area contributed by atoms with Gasteiger partial charge >= 0.3 is 0 Å². The molecule has 2 aromatic heterocycles. The number of anilines is 1. The van der Waals surface area contributed by atoms with Crippen LogP contribution in [0.1, 0.15) is 31.6 Å². The maximum Gasteiger partial charge on any atom is 0.228 e. The number of hydrogen-bond donors (Lipinski definition) is 0. The largest absolute Gasteiger partial charge is 0.338 e. The van der Waals surface area contributed by atoms with E-state index in [1.54, 1.807) is 11.3 Å². The molecule has 0 spiro atoms. The van der Waals surface area contributed by atoms with Crippen molar-refractivity contribution in [1.29, 1.82) is 0 Å². The van der Waals surface area contributed by atoms with Crippen molar-refractivity contribution in [2.75, 3.05) is 37.6 Å². The van der Waals surface area contributed by atoms with E-state index in [1.807, 2.05) is 0 Å². The molecule has 1 aliphatic heterocycles. The number of thiophene rings is 1. The number of halogens is 1. The van der Waals surface area contributed by atoms with Crippen LogP contribution in [0.4, 0.5) is 5.95 Å². The molecule has 0 aliphatic carbocycles. The molecule has 0 N–H and O–H groups in total. The minimum absolute atomic E-state index is 0.497. The molecule has 0 unspecified atom stereocenters. The molecule has 0 radical (unpaired) electrons. The van der Waals surface area contributed by atoms with Crippen molar-refractivity contribution in [2.45, 2.75) is 26.7 Å². The summed E-state index contributed by atoms with van der Waals surface area (Å²) in [6, 6.07) is 2.13. The molecular weight excluding hydrogens is 304 g/mol. The number of hydrogen-bond acceptors (Lipinski definition) is 5. The summed E-state index contributed by atoms with van der Waals surface area (Å²) >= 11 is 8.10. The molecule has 4 nitrogen and oxygen atoms in total. The summed E-state index contributed by atoms with van der Waals surface area (Å²) in [6.45, 7) is 11.8. The fourth-order valence-electron chi connectivity index (χ4n) is 2.58. The quantitative estimate of drug-likeness (QED) is 0.807. The molecule has 0 bridgehead atoms. The number of nitrogens with zero attached hydrogens (tertiary/aromatic N) is 4. The highest BCUT2D eigenvalue weighted by Gasteiger charge is 2.20. The maximum absolute atomic E-state index is 6.37. The molecule has 6 heteroatoms. The van der Waals surface area contributed by atoms with Gasteiger partial charge in [-0.15, -0.1) is 11.3 Å². The summed E-state index contributed by atoms with van der Waals surface area (Å²) in [5.74, 6) is 1.28. The molecular formula is C15H21ClN4S. The van der Waals surface area contributed by atoms with E-state index in [9.17, 15) is 0 Å². The zero-order valence-electron chi connectivity index (χ0n) is 12.8. The minimum atomic E-state index is 0.497. The predicted molar refractivity (Wildman–Crippen MR) is 90.8 cm³/mol. The lowest BCUT2D eigenvalue weighted by Gasteiger charge is -2.34. The number of fused-ring (bicyclic) bond motifs is 1. The Kier molecular flexibility index (Phi) is 4.33. The Morgan fingerprint density at radius 1 is 1.24 bits per heavy atom. The standard InChI is InChI=1S/C15H21ClN4S/c1-4-19-5-7-20(8-6-19)15-17-13(16)11-9-12(10(2)3)21-14(11)18-15/h9-10H,4-8H2,1-3H3. The van der Waals surface area contributed by atoms with Crippen LogP contribution < -0.4 is 4.90 Å². The van der Waals surface area contributed by atoms with E-state index in [-0.39, 0.29) is 0 Å². The number of piperazine rings is 1. The van der Waals surface area contributed by atoms with E-state index in [1.165, 1.54) is 4.88 Å². The van der Waals surface area contributed by atoms with E-state index in [0.717, 1.165) is 48.9 Å². The van der Waals surface area contributed by atoms with E-state index >= 15 is 0 Å². The molecule has 0 aromatic carbocycles. The van der Waals surface area contributed by atoms with Gasteiger partial charge in [-0.2, -0.15) is 0 Å². The first-order valence-corrected chi connectivity index (χ1v) is 8.72.